The van der Waals surface area contributed by atoms with Crippen molar-refractivity contribution in [1.29, 1.82) is 0 Å². The molecule has 1 aliphatic carbocycles. The highest BCUT2D eigenvalue weighted by Crippen LogP contribution is 2.34. The van der Waals surface area contributed by atoms with Crippen LogP contribution in [0.5, 0.6) is 0 Å². The van der Waals surface area contributed by atoms with Crippen LogP contribution < -0.4 is 0 Å². The van der Waals surface area contributed by atoms with Gasteiger partial charge in [0.15, 0.2) is 0 Å². The van der Waals surface area contributed by atoms with Crippen molar-refractivity contribution in [1.82, 2.24) is 20.0 Å². The Morgan fingerprint density at radius 3 is 2.79 bits per heavy atom. The van der Waals surface area contributed by atoms with Crippen LogP contribution in [0.15, 0.2) is 22.9 Å². The van der Waals surface area contributed by atoms with Gasteiger partial charge < -0.3 is 4.52 Å². The minimum atomic E-state index is -0.364. The molecule has 0 unspecified atom stereocenters. The molecule has 0 bridgehead atoms. The van der Waals surface area contributed by atoms with Crippen LogP contribution in [0.25, 0.3) is 11.5 Å². The van der Waals surface area contributed by atoms with Crippen molar-refractivity contribution in [3.8, 4) is 11.5 Å². The van der Waals surface area contributed by atoms with Crippen LogP contribution in [0.3, 0.4) is 0 Å². The summed E-state index contributed by atoms with van der Waals surface area (Å²) < 4.78 is 18.5. The predicted molar refractivity (Wildman–Crippen MR) is 87.6 cm³/mol. The molecule has 24 heavy (non-hydrogen) atoms. The van der Waals surface area contributed by atoms with E-state index in [2.05, 4.69) is 20.0 Å². The van der Waals surface area contributed by atoms with Crippen molar-refractivity contribution in [2.24, 2.45) is 5.92 Å². The van der Waals surface area contributed by atoms with E-state index in [0.717, 1.165) is 25.4 Å². The van der Waals surface area contributed by atoms with E-state index in [1.54, 1.807) is 6.07 Å². The highest BCUT2D eigenvalue weighted by Gasteiger charge is 2.32. The van der Waals surface area contributed by atoms with Crippen LogP contribution in [0, 0.1) is 11.7 Å². The van der Waals surface area contributed by atoms with E-state index in [1.807, 2.05) is 0 Å². The molecule has 0 N–H and O–H groups in total. The lowest BCUT2D eigenvalue weighted by Gasteiger charge is -2.29. The van der Waals surface area contributed by atoms with Crippen LogP contribution in [-0.2, 0) is 0 Å². The van der Waals surface area contributed by atoms with Gasteiger partial charge in [-0.15, -0.1) is 0 Å². The van der Waals surface area contributed by atoms with Crippen LogP contribution in [0.4, 0.5) is 4.39 Å². The van der Waals surface area contributed by atoms with E-state index in [0.29, 0.717) is 17.4 Å². The van der Waals surface area contributed by atoms with Gasteiger partial charge in [0.2, 0.25) is 11.7 Å². The van der Waals surface area contributed by atoms with E-state index in [9.17, 15) is 4.39 Å². The topological polar surface area (TPSA) is 55.1 Å². The zero-order chi connectivity index (χ0) is 16.4. The molecule has 0 aromatic carbocycles. The SMILES string of the molecule is Fc1ccc(-c2noc([C@@H]3CCCN3CC3CCCCC3)n2)nc1. The molecular formula is C18H23FN4O. The summed E-state index contributed by atoms with van der Waals surface area (Å²) in [4.78, 5) is 11.1. The van der Waals surface area contributed by atoms with Crippen molar-refractivity contribution in [3.63, 3.8) is 0 Å². The first-order chi connectivity index (χ1) is 11.8. The molecule has 1 saturated heterocycles. The fourth-order valence-electron chi connectivity index (χ4n) is 4.01. The Kier molecular flexibility index (Phi) is 4.56. The van der Waals surface area contributed by atoms with Crippen LogP contribution in [0.2, 0.25) is 0 Å². The van der Waals surface area contributed by atoms with Gasteiger partial charge in [0.1, 0.15) is 11.5 Å². The summed E-state index contributed by atoms with van der Waals surface area (Å²) in [5.74, 6) is 1.55. The highest BCUT2D eigenvalue weighted by atomic mass is 19.1. The first kappa shape index (κ1) is 15.7. The van der Waals surface area contributed by atoms with Gasteiger partial charge in [-0.3, -0.25) is 4.90 Å². The van der Waals surface area contributed by atoms with Crippen molar-refractivity contribution in [2.45, 2.75) is 51.0 Å². The molecular weight excluding hydrogens is 307 g/mol. The van der Waals surface area contributed by atoms with E-state index < -0.39 is 0 Å². The second kappa shape index (κ2) is 6.97. The molecule has 5 nitrogen and oxygen atoms in total. The first-order valence-electron chi connectivity index (χ1n) is 8.99. The van der Waals surface area contributed by atoms with Crippen molar-refractivity contribution in [3.05, 3.63) is 30.0 Å². The fourth-order valence-corrected chi connectivity index (χ4v) is 4.01. The minimum Gasteiger partial charge on any atom is -0.337 e. The smallest absolute Gasteiger partial charge is 0.244 e. The molecule has 2 aromatic heterocycles. The summed E-state index contributed by atoms with van der Waals surface area (Å²) in [6, 6.07) is 3.16. The van der Waals surface area contributed by atoms with Gasteiger partial charge in [-0.2, -0.15) is 4.98 Å². The lowest BCUT2D eigenvalue weighted by Crippen LogP contribution is -2.30. The quantitative estimate of drug-likeness (QED) is 0.848. The van der Waals surface area contributed by atoms with Gasteiger partial charge >= 0.3 is 0 Å². The first-order valence-corrected chi connectivity index (χ1v) is 8.99. The van der Waals surface area contributed by atoms with E-state index in [4.69, 9.17) is 4.52 Å². The van der Waals surface area contributed by atoms with Crippen LogP contribution in [-0.4, -0.2) is 33.1 Å². The van der Waals surface area contributed by atoms with Gasteiger partial charge in [-0.25, -0.2) is 9.37 Å². The normalized spacial score (nSPS) is 23.0. The number of halogens is 1. The average Bonchev–Trinajstić information content (AvgIpc) is 3.25. The van der Waals surface area contributed by atoms with Crippen molar-refractivity contribution < 1.29 is 8.91 Å². The van der Waals surface area contributed by atoms with Crippen molar-refractivity contribution >= 4 is 0 Å². The molecule has 0 spiro atoms. The fraction of sp³-hybridized carbons (Fsp3) is 0.611. The second-order valence-corrected chi connectivity index (χ2v) is 6.97. The molecule has 2 fully saturated rings. The molecule has 2 aliphatic rings. The molecule has 1 atom stereocenters. The number of hydrogen-bond acceptors (Lipinski definition) is 5. The molecule has 0 amide bonds. The van der Waals surface area contributed by atoms with Crippen molar-refractivity contribution in [2.75, 3.05) is 13.1 Å². The summed E-state index contributed by atoms with van der Waals surface area (Å²) in [7, 11) is 0. The van der Waals surface area contributed by atoms with Gasteiger partial charge in [-0.05, 0) is 50.3 Å². The number of aromatic nitrogens is 3. The minimum absolute atomic E-state index is 0.216. The Morgan fingerprint density at radius 1 is 1.12 bits per heavy atom. The van der Waals surface area contributed by atoms with E-state index in [1.165, 1.54) is 50.8 Å². The predicted octanol–water partition coefficient (Wildman–Crippen LogP) is 3.99. The molecule has 0 radical (unpaired) electrons. The Morgan fingerprint density at radius 2 is 2.00 bits per heavy atom. The van der Waals surface area contributed by atoms with E-state index in [-0.39, 0.29) is 11.9 Å². The molecule has 6 heteroatoms. The standard InChI is InChI=1S/C18H23FN4O/c19-14-8-9-15(20-11-14)17-21-18(24-22-17)16-7-4-10-23(16)12-13-5-2-1-3-6-13/h8-9,11,13,16H,1-7,10,12H2/t16-/m0/s1. The third-order valence-corrected chi connectivity index (χ3v) is 5.26. The van der Waals surface area contributed by atoms with Gasteiger partial charge in [-0.1, -0.05) is 24.4 Å². The Hall–Kier alpha value is -1.82. The lowest BCUT2D eigenvalue weighted by atomic mass is 9.89. The number of hydrogen-bond donors (Lipinski definition) is 0. The molecule has 4 rings (SSSR count). The average molecular weight is 330 g/mol. The summed E-state index contributed by atoms with van der Waals surface area (Å²) in [6.07, 6.45) is 10.2. The number of nitrogens with zero attached hydrogens (tertiary/aromatic N) is 4. The summed E-state index contributed by atoms with van der Waals surface area (Å²) in [6.45, 7) is 2.24. The molecule has 128 valence electrons. The number of likely N-dealkylation sites (tertiary alicyclic amines) is 1. The third-order valence-electron chi connectivity index (χ3n) is 5.26. The Labute approximate surface area is 141 Å². The molecule has 2 aromatic rings. The number of rotatable bonds is 4. The highest BCUT2D eigenvalue weighted by molar-refractivity contribution is 5.47. The van der Waals surface area contributed by atoms with Crippen LogP contribution >= 0.6 is 0 Å². The van der Waals surface area contributed by atoms with E-state index >= 15 is 0 Å². The summed E-state index contributed by atoms with van der Waals surface area (Å²) >= 11 is 0. The van der Waals surface area contributed by atoms with Gasteiger partial charge in [0.05, 0.1) is 12.2 Å². The number of pyridine rings is 1. The zero-order valence-electron chi connectivity index (χ0n) is 13.8. The molecule has 1 saturated carbocycles. The van der Waals surface area contributed by atoms with Gasteiger partial charge in [0, 0.05) is 6.54 Å². The Bertz CT molecular complexity index is 666. The maximum Gasteiger partial charge on any atom is 0.244 e. The Balaban J connectivity index is 1.47. The maximum absolute atomic E-state index is 13.0. The zero-order valence-corrected chi connectivity index (χ0v) is 13.8. The monoisotopic (exact) mass is 330 g/mol. The summed E-state index contributed by atoms with van der Waals surface area (Å²) in [5, 5.41) is 4.04. The largest absolute Gasteiger partial charge is 0.337 e. The molecule has 3 heterocycles. The summed E-state index contributed by atoms with van der Waals surface area (Å²) in [5.41, 5.74) is 0.545. The van der Waals surface area contributed by atoms with Crippen LogP contribution in [0.1, 0.15) is 56.9 Å². The maximum atomic E-state index is 13.0. The van der Waals surface area contributed by atoms with Gasteiger partial charge in [0.25, 0.3) is 0 Å². The lowest BCUT2D eigenvalue weighted by molar-refractivity contribution is 0.163. The molecule has 1 aliphatic heterocycles. The third kappa shape index (κ3) is 3.34. The second-order valence-electron chi connectivity index (χ2n) is 6.97.